The van der Waals surface area contributed by atoms with Gasteiger partial charge in [0, 0.05) is 15.5 Å². The standard InChI is InChI=1S/C23H32N2O3S3/c1-6-9-17(2)20(24-21(26)28-23(3,4)5)16-31-22(27)25(14-18-10-7-12-29-18)15-19-11-8-13-30-19/h7-8,10-13,20H,2,6,9,14-16H2,1,3-5H3,(H,24,26)/t20-/m1/s1. The van der Waals surface area contributed by atoms with E-state index in [1.807, 2.05) is 60.7 Å². The molecule has 0 spiro atoms. The van der Waals surface area contributed by atoms with Crippen molar-refractivity contribution in [1.29, 1.82) is 0 Å². The number of carbonyl (C=O) groups is 2. The quantitative estimate of drug-likeness (QED) is 0.375. The zero-order valence-corrected chi connectivity index (χ0v) is 21.1. The van der Waals surface area contributed by atoms with Gasteiger partial charge >= 0.3 is 6.09 Å². The first kappa shape index (κ1) is 25.5. The van der Waals surface area contributed by atoms with Crippen LogP contribution >= 0.6 is 34.4 Å². The topological polar surface area (TPSA) is 58.6 Å². The van der Waals surface area contributed by atoms with Crippen LogP contribution in [-0.2, 0) is 17.8 Å². The van der Waals surface area contributed by atoms with Gasteiger partial charge in [-0.1, -0.05) is 49.4 Å². The first-order valence-electron chi connectivity index (χ1n) is 10.3. The van der Waals surface area contributed by atoms with E-state index in [4.69, 9.17) is 4.74 Å². The van der Waals surface area contributed by atoms with Crippen LogP contribution in [0.4, 0.5) is 9.59 Å². The molecule has 2 heterocycles. The summed E-state index contributed by atoms with van der Waals surface area (Å²) >= 11 is 4.50. The maximum Gasteiger partial charge on any atom is 0.408 e. The molecule has 1 N–H and O–H groups in total. The molecule has 0 saturated carbocycles. The molecule has 8 heteroatoms. The first-order valence-corrected chi connectivity index (χ1v) is 13.1. The summed E-state index contributed by atoms with van der Waals surface area (Å²) in [6.07, 6.45) is 1.22. The molecule has 31 heavy (non-hydrogen) atoms. The molecule has 170 valence electrons. The third kappa shape index (κ3) is 9.49. The van der Waals surface area contributed by atoms with Crippen LogP contribution < -0.4 is 5.32 Å². The largest absolute Gasteiger partial charge is 0.444 e. The highest BCUT2D eigenvalue weighted by Gasteiger charge is 2.24. The highest BCUT2D eigenvalue weighted by atomic mass is 32.2. The van der Waals surface area contributed by atoms with Crippen molar-refractivity contribution >= 4 is 45.8 Å². The Hall–Kier alpha value is -1.77. The van der Waals surface area contributed by atoms with Crippen LogP contribution in [0.5, 0.6) is 0 Å². The third-order valence-corrected chi connectivity index (χ3v) is 6.97. The Kier molecular flexibility index (Phi) is 10.1. The molecule has 0 unspecified atom stereocenters. The maximum absolute atomic E-state index is 13.1. The molecule has 2 amide bonds. The molecule has 0 aliphatic carbocycles. The number of rotatable bonds is 10. The van der Waals surface area contributed by atoms with Gasteiger partial charge in [0.05, 0.1) is 19.1 Å². The second-order valence-corrected chi connectivity index (χ2v) is 11.2. The minimum absolute atomic E-state index is 0.0120. The first-order chi connectivity index (χ1) is 14.7. The summed E-state index contributed by atoms with van der Waals surface area (Å²) in [7, 11) is 0. The SMILES string of the molecule is C=C(CCC)[C@@H](CSC(=O)N(Cc1cccs1)Cc1cccs1)NC(=O)OC(C)(C)C. The van der Waals surface area contributed by atoms with Crippen molar-refractivity contribution in [3.63, 3.8) is 0 Å². The Morgan fingerprint density at radius 2 is 1.74 bits per heavy atom. The Bertz CT molecular complexity index is 791. The third-order valence-electron chi connectivity index (χ3n) is 4.24. The average Bonchev–Trinajstić information content (AvgIpc) is 3.37. The average molecular weight is 481 g/mol. The van der Waals surface area contributed by atoms with Crippen molar-refractivity contribution in [2.45, 2.75) is 65.3 Å². The number of ether oxygens (including phenoxy) is 1. The maximum atomic E-state index is 13.1. The fraction of sp³-hybridized carbons (Fsp3) is 0.478. The second kappa shape index (κ2) is 12.3. The highest BCUT2D eigenvalue weighted by molar-refractivity contribution is 8.13. The summed E-state index contributed by atoms with van der Waals surface area (Å²) < 4.78 is 5.40. The van der Waals surface area contributed by atoms with Gasteiger partial charge in [-0.3, -0.25) is 4.79 Å². The van der Waals surface area contributed by atoms with Gasteiger partial charge in [-0.05, 0) is 50.1 Å². The minimum Gasteiger partial charge on any atom is -0.444 e. The molecule has 5 nitrogen and oxygen atoms in total. The Morgan fingerprint density at radius 3 is 2.19 bits per heavy atom. The van der Waals surface area contributed by atoms with E-state index in [2.05, 4.69) is 18.8 Å². The van der Waals surface area contributed by atoms with E-state index in [1.54, 1.807) is 22.7 Å². The van der Waals surface area contributed by atoms with Crippen molar-refractivity contribution in [1.82, 2.24) is 10.2 Å². The van der Waals surface area contributed by atoms with E-state index in [0.717, 1.165) is 28.2 Å². The monoisotopic (exact) mass is 480 g/mol. The molecule has 0 fully saturated rings. The van der Waals surface area contributed by atoms with Gasteiger partial charge in [0.15, 0.2) is 0 Å². The Balaban J connectivity index is 2.03. The van der Waals surface area contributed by atoms with Crippen LogP contribution in [0.25, 0.3) is 0 Å². The lowest BCUT2D eigenvalue weighted by Gasteiger charge is -2.26. The van der Waals surface area contributed by atoms with Gasteiger partial charge in [0.1, 0.15) is 5.60 Å². The molecular weight excluding hydrogens is 448 g/mol. The molecule has 0 aliphatic rings. The molecule has 2 aromatic heterocycles. The number of nitrogens with zero attached hydrogens (tertiary/aromatic N) is 1. The van der Waals surface area contributed by atoms with Crippen LogP contribution in [0, 0.1) is 0 Å². The zero-order chi connectivity index (χ0) is 22.9. The normalized spacial score (nSPS) is 12.3. The van der Waals surface area contributed by atoms with Crippen molar-refractivity contribution in [3.05, 3.63) is 56.9 Å². The Labute approximate surface area is 197 Å². The summed E-state index contributed by atoms with van der Waals surface area (Å²) in [5.41, 5.74) is 0.318. The molecule has 0 aromatic carbocycles. The van der Waals surface area contributed by atoms with Crippen molar-refractivity contribution in [2.24, 2.45) is 0 Å². The summed E-state index contributed by atoms with van der Waals surface area (Å²) in [4.78, 5) is 29.6. The number of nitrogens with one attached hydrogen (secondary N) is 1. The lowest BCUT2D eigenvalue weighted by molar-refractivity contribution is 0.0516. The highest BCUT2D eigenvalue weighted by Crippen LogP contribution is 2.23. The van der Waals surface area contributed by atoms with Gasteiger partial charge in [-0.25, -0.2) is 4.79 Å². The van der Waals surface area contributed by atoms with E-state index in [9.17, 15) is 9.59 Å². The smallest absolute Gasteiger partial charge is 0.408 e. The number of thiophene rings is 2. The lowest BCUT2D eigenvalue weighted by Crippen LogP contribution is -2.42. The number of thioether (sulfide) groups is 1. The molecule has 2 aromatic rings. The van der Waals surface area contributed by atoms with Crippen LogP contribution in [-0.4, -0.2) is 33.6 Å². The second-order valence-electron chi connectivity index (χ2n) is 8.20. The van der Waals surface area contributed by atoms with E-state index in [-0.39, 0.29) is 11.3 Å². The predicted octanol–water partition coefficient (Wildman–Crippen LogP) is 6.91. The Morgan fingerprint density at radius 1 is 1.16 bits per heavy atom. The minimum atomic E-state index is -0.581. The van der Waals surface area contributed by atoms with Crippen LogP contribution in [0.3, 0.4) is 0 Å². The molecule has 0 radical (unpaired) electrons. The van der Waals surface area contributed by atoms with Gasteiger partial charge < -0.3 is 15.0 Å². The summed E-state index contributed by atoms with van der Waals surface area (Å²) in [5, 5.41) is 6.92. The molecule has 0 aliphatic heterocycles. The van der Waals surface area contributed by atoms with Gasteiger partial charge in [-0.15, -0.1) is 22.7 Å². The molecule has 1 atom stereocenters. The van der Waals surface area contributed by atoms with Crippen LogP contribution in [0.2, 0.25) is 0 Å². The van der Waals surface area contributed by atoms with E-state index < -0.39 is 11.7 Å². The predicted molar refractivity (Wildman–Crippen MR) is 133 cm³/mol. The fourth-order valence-corrected chi connectivity index (χ4v) is 5.20. The number of carbonyl (C=O) groups excluding carboxylic acids is 2. The number of hydrogen-bond acceptors (Lipinski definition) is 6. The van der Waals surface area contributed by atoms with Crippen LogP contribution in [0.15, 0.2) is 47.2 Å². The molecule has 0 bridgehead atoms. The van der Waals surface area contributed by atoms with E-state index in [0.29, 0.717) is 18.8 Å². The molecule has 2 rings (SSSR count). The summed E-state index contributed by atoms with van der Waals surface area (Å²) in [5.74, 6) is 0.419. The lowest BCUT2D eigenvalue weighted by atomic mass is 10.1. The van der Waals surface area contributed by atoms with Gasteiger partial charge in [-0.2, -0.15) is 0 Å². The van der Waals surface area contributed by atoms with Gasteiger partial charge in [0.2, 0.25) is 0 Å². The van der Waals surface area contributed by atoms with Crippen LogP contribution in [0.1, 0.15) is 50.3 Å². The molecular formula is C23H32N2O3S3. The summed E-state index contributed by atoms with van der Waals surface area (Å²) in [6.45, 7) is 12.8. The van der Waals surface area contributed by atoms with Gasteiger partial charge in [0.25, 0.3) is 5.24 Å². The zero-order valence-electron chi connectivity index (χ0n) is 18.7. The number of alkyl carbamates (subject to hydrolysis) is 1. The number of amides is 2. The van der Waals surface area contributed by atoms with E-state index in [1.165, 1.54) is 11.8 Å². The van der Waals surface area contributed by atoms with Crippen molar-refractivity contribution in [2.75, 3.05) is 5.75 Å². The van der Waals surface area contributed by atoms with Crippen molar-refractivity contribution in [3.8, 4) is 0 Å². The summed E-state index contributed by atoms with van der Waals surface area (Å²) in [6, 6.07) is 7.75. The molecule has 0 saturated heterocycles. The van der Waals surface area contributed by atoms with E-state index >= 15 is 0 Å². The number of hydrogen-bond donors (Lipinski definition) is 1. The van der Waals surface area contributed by atoms with Crippen molar-refractivity contribution < 1.29 is 14.3 Å². The fourth-order valence-electron chi connectivity index (χ4n) is 2.82.